The summed E-state index contributed by atoms with van der Waals surface area (Å²) in [5, 5.41) is 9.67. The second-order valence-corrected chi connectivity index (χ2v) is 7.57. The molecule has 1 aliphatic rings. The molecular weight excluding hydrogens is 339 g/mol. The molecule has 6 nitrogen and oxygen atoms in total. The van der Waals surface area contributed by atoms with E-state index in [2.05, 4.69) is 9.71 Å². The summed E-state index contributed by atoms with van der Waals surface area (Å²) in [6.45, 7) is 1.06. The third-order valence-electron chi connectivity index (χ3n) is 3.61. The number of aliphatic hydroxyl groups excluding tert-OH is 1. The van der Waals surface area contributed by atoms with Crippen molar-refractivity contribution < 1.29 is 18.3 Å². The van der Waals surface area contributed by atoms with E-state index in [0.29, 0.717) is 26.1 Å². The molecule has 1 aliphatic heterocycles. The van der Waals surface area contributed by atoms with E-state index in [9.17, 15) is 13.5 Å². The summed E-state index contributed by atoms with van der Waals surface area (Å²) >= 11 is 11.4. The Morgan fingerprint density at radius 3 is 2.62 bits per heavy atom. The van der Waals surface area contributed by atoms with Gasteiger partial charge in [-0.2, -0.15) is 0 Å². The van der Waals surface area contributed by atoms with Gasteiger partial charge in [0.05, 0.1) is 11.6 Å². The first-order valence-corrected chi connectivity index (χ1v) is 8.62. The van der Waals surface area contributed by atoms with Crippen molar-refractivity contribution in [2.75, 3.05) is 26.4 Å². The van der Waals surface area contributed by atoms with Crippen LogP contribution in [0.25, 0.3) is 0 Å². The number of sulfonamides is 1. The molecule has 0 spiro atoms. The van der Waals surface area contributed by atoms with Crippen molar-refractivity contribution in [3.05, 3.63) is 22.4 Å². The molecule has 1 aromatic heterocycles. The molecule has 1 aromatic rings. The number of ether oxygens (including phenoxy) is 1. The van der Waals surface area contributed by atoms with Crippen LogP contribution in [0.3, 0.4) is 0 Å². The summed E-state index contributed by atoms with van der Waals surface area (Å²) < 4.78 is 32.2. The van der Waals surface area contributed by atoms with Crippen molar-refractivity contribution in [2.24, 2.45) is 5.41 Å². The Morgan fingerprint density at radius 1 is 1.38 bits per heavy atom. The van der Waals surface area contributed by atoms with Crippen molar-refractivity contribution in [2.45, 2.75) is 17.7 Å². The number of aromatic nitrogens is 1. The fourth-order valence-corrected chi connectivity index (χ4v) is 3.54. The van der Waals surface area contributed by atoms with E-state index in [4.69, 9.17) is 27.9 Å². The van der Waals surface area contributed by atoms with Crippen LogP contribution in [-0.4, -0.2) is 44.9 Å². The van der Waals surface area contributed by atoms with Gasteiger partial charge in [0, 0.05) is 31.4 Å². The Labute approximate surface area is 133 Å². The molecule has 0 radical (unpaired) electrons. The number of nitrogens with zero attached hydrogens (tertiary/aromatic N) is 1. The zero-order valence-corrected chi connectivity index (χ0v) is 13.5. The van der Waals surface area contributed by atoms with Crippen LogP contribution in [0.1, 0.15) is 12.8 Å². The van der Waals surface area contributed by atoms with Crippen LogP contribution in [0.2, 0.25) is 10.2 Å². The maximum absolute atomic E-state index is 12.2. The highest BCUT2D eigenvalue weighted by Crippen LogP contribution is 2.30. The predicted octanol–water partition coefficient (Wildman–Crippen LogP) is 1.46. The largest absolute Gasteiger partial charge is 0.396 e. The fraction of sp³-hybridized carbons (Fsp3) is 0.583. The lowest BCUT2D eigenvalue weighted by atomic mass is 9.81. The molecule has 0 aromatic carbocycles. The van der Waals surface area contributed by atoms with Crippen molar-refractivity contribution in [1.82, 2.24) is 9.71 Å². The van der Waals surface area contributed by atoms with Crippen molar-refractivity contribution >= 4 is 33.2 Å². The maximum Gasteiger partial charge on any atom is 0.242 e. The van der Waals surface area contributed by atoms with E-state index in [1.165, 1.54) is 6.07 Å². The first kappa shape index (κ1) is 16.9. The number of hydrogen-bond donors (Lipinski definition) is 2. The van der Waals surface area contributed by atoms with Gasteiger partial charge in [0.1, 0.15) is 10.0 Å². The number of halogens is 2. The Morgan fingerprint density at radius 2 is 2.05 bits per heavy atom. The zero-order chi connectivity index (χ0) is 15.5. The van der Waals surface area contributed by atoms with Gasteiger partial charge in [-0.25, -0.2) is 18.1 Å². The van der Waals surface area contributed by atoms with Crippen LogP contribution < -0.4 is 4.72 Å². The summed E-state index contributed by atoms with van der Waals surface area (Å²) in [6.07, 6.45) is 2.35. The lowest BCUT2D eigenvalue weighted by molar-refractivity contribution is -0.0126. The van der Waals surface area contributed by atoms with E-state index >= 15 is 0 Å². The molecule has 1 fully saturated rings. The van der Waals surface area contributed by atoms with Crippen LogP contribution in [0.5, 0.6) is 0 Å². The van der Waals surface area contributed by atoms with Gasteiger partial charge in [-0.3, -0.25) is 0 Å². The van der Waals surface area contributed by atoms with Crippen molar-refractivity contribution in [1.29, 1.82) is 0 Å². The third kappa shape index (κ3) is 4.06. The van der Waals surface area contributed by atoms with Gasteiger partial charge in [0.25, 0.3) is 0 Å². The molecule has 118 valence electrons. The molecule has 0 amide bonds. The van der Waals surface area contributed by atoms with Gasteiger partial charge in [0.2, 0.25) is 10.0 Å². The smallest absolute Gasteiger partial charge is 0.242 e. The minimum absolute atomic E-state index is 0.0480. The van der Waals surface area contributed by atoms with Crippen molar-refractivity contribution in [3.8, 4) is 0 Å². The van der Waals surface area contributed by atoms with Gasteiger partial charge in [0.15, 0.2) is 0 Å². The van der Waals surface area contributed by atoms with Crippen molar-refractivity contribution in [3.63, 3.8) is 0 Å². The first-order chi connectivity index (χ1) is 9.88. The number of rotatable bonds is 5. The SMILES string of the molecule is O=S(=O)(NCC1(CO)CCOCC1)c1cnc(Cl)c(Cl)c1. The molecule has 2 N–H and O–H groups in total. The Balaban J connectivity index is 2.11. The lowest BCUT2D eigenvalue weighted by Gasteiger charge is -2.35. The van der Waals surface area contributed by atoms with Crippen LogP contribution in [-0.2, 0) is 14.8 Å². The normalized spacial score (nSPS) is 18.6. The zero-order valence-electron chi connectivity index (χ0n) is 11.2. The Hall–Kier alpha value is -0.440. The summed E-state index contributed by atoms with van der Waals surface area (Å²) in [4.78, 5) is 3.66. The van der Waals surface area contributed by atoms with E-state index in [-0.39, 0.29) is 28.2 Å². The lowest BCUT2D eigenvalue weighted by Crippen LogP contribution is -2.43. The first-order valence-electron chi connectivity index (χ1n) is 6.38. The van der Waals surface area contributed by atoms with E-state index in [1.807, 2.05) is 0 Å². The number of aliphatic hydroxyl groups is 1. The highest BCUT2D eigenvalue weighted by Gasteiger charge is 2.33. The molecule has 0 saturated carbocycles. The highest BCUT2D eigenvalue weighted by molar-refractivity contribution is 7.89. The van der Waals surface area contributed by atoms with Gasteiger partial charge < -0.3 is 9.84 Å². The molecule has 1 saturated heterocycles. The second kappa shape index (κ2) is 6.76. The van der Waals surface area contributed by atoms with Crippen LogP contribution in [0.4, 0.5) is 0 Å². The molecule has 2 rings (SSSR count). The predicted molar refractivity (Wildman–Crippen MR) is 79.0 cm³/mol. The average Bonchev–Trinajstić information content (AvgIpc) is 2.49. The maximum atomic E-state index is 12.2. The van der Waals surface area contributed by atoms with Crippen LogP contribution in [0.15, 0.2) is 17.2 Å². The monoisotopic (exact) mass is 354 g/mol. The highest BCUT2D eigenvalue weighted by atomic mass is 35.5. The quantitative estimate of drug-likeness (QED) is 0.781. The molecule has 0 atom stereocenters. The average molecular weight is 355 g/mol. The van der Waals surface area contributed by atoms with Crippen LogP contribution in [0, 0.1) is 5.41 Å². The summed E-state index contributed by atoms with van der Waals surface area (Å²) in [7, 11) is -3.75. The van der Waals surface area contributed by atoms with Crippen LogP contribution >= 0.6 is 23.2 Å². The van der Waals surface area contributed by atoms with E-state index < -0.39 is 15.4 Å². The summed E-state index contributed by atoms with van der Waals surface area (Å²) in [5.74, 6) is 0. The Kier molecular flexibility index (Phi) is 5.45. The number of pyridine rings is 1. The third-order valence-corrected chi connectivity index (χ3v) is 5.66. The molecule has 0 bridgehead atoms. The minimum atomic E-state index is -3.75. The van der Waals surface area contributed by atoms with Gasteiger partial charge in [-0.1, -0.05) is 23.2 Å². The molecule has 9 heteroatoms. The van der Waals surface area contributed by atoms with Gasteiger partial charge in [-0.15, -0.1) is 0 Å². The molecule has 2 heterocycles. The van der Waals surface area contributed by atoms with E-state index in [0.717, 1.165) is 6.20 Å². The topological polar surface area (TPSA) is 88.5 Å². The van der Waals surface area contributed by atoms with Gasteiger partial charge >= 0.3 is 0 Å². The Bertz CT molecular complexity index is 603. The fourth-order valence-electron chi connectivity index (χ4n) is 2.08. The number of nitrogens with one attached hydrogen (secondary N) is 1. The number of hydrogen-bond acceptors (Lipinski definition) is 5. The minimum Gasteiger partial charge on any atom is -0.396 e. The van der Waals surface area contributed by atoms with Gasteiger partial charge in [-0.05, 0) is 18.9 Å². The standard InChI is InChI=1S/C12H16Cl2N2O4S/c13-10-5-9(6-15-11(10)14)21(18,19)16-7-12(8-17)1-3-20-4-2-12/h5-6,16-17H,1-4,7-8H2. The summed E-state index contributed by atoms with van der Waals surface area (Å²) in [5.41, 5.74) is -0.491. The molecule has 0 aliphatic carbocycles. The second-order valence-electron chi connectivity index (χ2n) is 5.04. The van der Waals surface area contributed by atoms with E-state index in [1.54, 1.807) is 0 Å². The molecule has 0 unspecified atom stereocenters. The summed E-state index contributed by atoms with van der Waals surface area (Å²) in [6, 6.07) is 1.24. The molecule has 21 heavy (non-hydrogen) atoms. The molecular formula is C12H16Cl2N2O4S.